The van der Waals surface area contributed by atoms with E-state index in [1.54, 1.807) is 0 Å². The first-order valence-electron chi connectivity index (χ1n) is 4.33. The molecule has 1 aromatic carbocycles. The monoisotopic (exact) mass is 248 g/mol. The van der Waals surface area contributed by atoms with E-state index in [-0.39, 0.29) is 16.1 Å². The Balaban J connectivity index is 3.37. The van der Waals surface area contributed by atoms with Gasteiger partial charge < -0.3 is 14.9 Å². The van der Waals surface area contributed by atoms with E-state index in [0.29, 0.717) is 0 Å². The molecule has 0 aliphatic rings. The van der Waals surface area contributed by atoms with Gasteiger partial charge in [0.1, 0.15) is 0 Å². The molecule has 0 heterocycles. The Bertz CT molecular complexity index is 407. The minimum absolute atomic E-state index is 0.00764. The average Bonchev–Trinajstić information content (AvgIpc) is 2.25. The number of aliphatic hydroxyl groups excluding tert-OH is 1. The summed E-state index contributed by atoms with van der Waals surface area (Å²) < 4.78 is 17.4. The second-order valence-corrected chi connectivity index (χ2v) is 3.56. The van der Waals surface area contributed by atoms with Gasteiger partial charge in [0.2, 0.25) is 0 Å². The number of phenolic OH excluding ortho intramolecular Hbond substituents is 1. The molecule has 2 N–H and O–H groups in total. The maximum absolute atomic E-state index is 13.2. The van der Waals surface area contributed by atoms with Crippen LogP contribution in [-0.2, 0) is 9.53 Å². The molecule has 0 amide bonds. The van der Waals surface area contributed by atoms with Gasteiger partial charge in [0.25, 0.3) is 0 Å². The number of methoxy groups -OCH3 is 1. The number of aromatic hydroxyl groups is 1. The molecule has 1 aromatic rings. The Kier molecular flexibility index (Phi) is 3.72. The fraction of sp³-hybridized carbons (Fsp3) is 0.300. The number of aliphatic hydroxyl groups is 1. The van der Waals surface area contributed by atoms with Crippen LogP contribution in [0, 0.1) is 12.7 Å². The average molecular weight is 249 g/mol. The van der Waals surface area contributed by atoms with Gasteiger partial charge in [-0.15, -0.1) is 0 Å². The zero-order chi connectivity index (χ0) is 12.5. The Hall–Kier alpha value is -1.33. The van der Waals surface area contributed by atoms with Crippen LogP contribution in [0.2, 0.25) is 5.02 Å². The van der Waals surface area contributed by atoms with Gasteiger partial charge in [-0.3, -0.25) is 0 Å². The largest absolute Gasteiger partial charge is 0.505 e. The second-order valence-electron chi connectivity index (χ2n) is 3.15. The molecule has 0 saturated heterocycles. The summed E-state index contributed by atoms with van der Waals surface area (Å²) in [6.07, 6.45) is -1.77. The third-order valence-corrected chi connectivity index (χ3v) is 2.59. The summed E-state index contributed by atoms with van der Waals surface area (Å²) in [7, 11) is 1.07. The molecular formula is C10H10ClFO4. The van der Waals surface area contributed by atoms with Crippen molar-refractivity contribution in [1.82, 2.24) is 0 Å². The minimum atomic E-state index is -1.77. The van der Waals surface area contributed by atoms with Crippen molar-refractivity contribution in [3.05, 3.63) is 28.0 Å². The van der Waals surface area contributed by atoms with Gasteiger partial charge >= 0.3 is 5.97 Å². The van der Waals surface area contributed by atoms with Gasteiger partial charge in [-0.2, -0.15) is 0 Å². The first-order valence-corrected chi connectivity index (χ1v) is 4.71. The number of esters is 1. The lowest BCUT2D eigenvalue weighted by molar-refractivity contribution is -0.150. The van der Waals surface area contributed by atoms with Gasteiger partial charge in [0.05, 0.1) is 7.11 Å². The van der Waals surface area contributed by atoms with Gasteiger partial charge in [-0.05, 0) is 18.6 Å². The molecule has 0 saturated carbocycles. The van der Waals surface area contributed by atoms with Crippen molar-refractivity contribution >= 4 is 17.6 Å². The van der Waals surface area contributed by atoms with Crippen molar-refractivity contribution in [3.8, 4) is 5.75 Å². The number of hydrogen-bond acceptors (Lipinski definition) is 4. The van der Waals surface area contributed by atoms with E-state index in [1.165, 1.54) is 6.92 Å². The summed E-state index contributed by atoms with van der Waals surface area (Å²) in [5, 5.41) is 19.0. The van der Waals surface area contributed by atoms with Crippen molar-refractivity contribution < 1.29 is 24.1 Å². The van der Waals surface area contributed by atoms with Crippen molar-refractivity contribution in [1.29, 1.82) is 0 Å². The highest BCUT2D eigenvalue weighted by atomic mass is 35.5. The molecule has 1 rings (SSSR count). The first-order chi connectivity index (χ1) is 7.40. The van der Waals surface area contributed by atoms with Gasteiger partial charge in [0, 0.05) is 10.6 Å². The fourth-order valence-electron chi connectivity index (χ4n) is 1.29. The maximum atomic E-state index is 13.2. The predicted molar refractivity (Wildman–Crippen MR) is 54.8 cm³/mol. The molecule has 0 bridgehead atoms. The smallest absolute Gasteiger partial charge is 0.339 e. The van der Waals surface area contributed by atoms with Crippen LogP contribution in [0.3, 0.4) is 0 Å². The third-order valence-electron chi connectivity index (χ3n) is 2.19. The first kappa shape index (κ1) is 12.7. The summed E-state index contributed by atoms with van der Waals surface area (Å²) in [6, 6.07) is 0.903. The van der Waals surface area contributed by atoms with E-state index < -0.39 is 23.6 Å². The lowest BCUT2D eigenvalue weighted by atomic mass is 10.0. The second kappa shape index (κ2) is 4.67. The normalized spacial score (nSPS) is 12.3. The molecule has 0 aromatic heterocycles. The zero-order valence-corrected chi connectivity index (χ0v) is 9.38. The van der Waals surface area contributed by atoms with Crippen LogP contribution in [0.1, 0.15) is 17.2 Å². The van der Waals surface area contributed by atoms with Crippen LogP contribution in [0.15, 0.2) is 6.07 Å². The van der Waals surface area contributed by atoms with E-state index in [2.05, 4.69) is 4.74 Å². The SMILES string of the molecule is COC(=O)C(O)c1c(C)c(Cl)cc(F)c1O. The predicted octanol–water partition coefficient (Wildman–Crippen LogP) is 1.70. The summed E-state index contributed by atoms with van der Waals surface area (Å²) in [4.78, 5) is 11.1. The number of halogens is 2. The van der Waals surface area contributed by atoms with E-state index in [0.717, 1.165) is 13.2 Å². The summed E-state index contributed by atoms with van der Waals surface area (Å²) in [6.45, 7) is 1.45. The quantitative estimate of drug-likeness (QED) is 0.782. The number of carbonyl (C=O) groups excluding carboxylic acids is 1. The number of ether oxygens (including phenoxy) is 1. The van der Waals surface area contributed by atoms with Crippen molar-refractivity contribution in [3.63, 3.8) is 0 Å². The standard InChI is InChI=1S/C10H10ClFO4/c1-4-5(11)3-6(12)8(13)7(4)9(14)10(15)16-2/h3,9,13-14H,1-2H3. The molecule has 0 aliphatic carbocycles. The summed E-state index contributed by atoms with van der Waals surface area (Å²) >= 11 is 5.67. The van der Waals surface area contributed by atoms with Crippen molar-refractivity contribution in [2.45, 2.75) is 13.0 Å². The molecule has 6 heteroatoms. The molecule has 0 aliphatic heterocycles. The maximum Gasteiger partial charge on any atom is 0.339 e. The van der Waals surface area contributed by atoms with Crippen LogP contribution >= 0.6 is 11.6 Å². The minimum Gasteiger partial charge on any atom is -0.505 e. The Morgan fingerprint density at radius 3 is 2.69 bits per heavy atom. The van der Waals surface area contributed by atoms with Crippen LogP contribution in [0.25, 0.3) is 0 Å². The van der Waals surface area contributed by atoms with Crippen molar-refractivity contribution in [2.75, 3.05) is 7.11 Å². The number of carbonyl (C=O) groups is 1. The molecule has 1 atom stereocenters. The van der Waals surface area contributed by atoms with E-state index in [9.17, 15) is 19.4 Å². The van der Waals surface area contributed by atoms with E-state index in [1.807, 2.05) is 0 Å². The number of rotatable bonds is 2. The van der Waals surface area contributed by atoms with Gasteiger partial charge in [0.15, 0.2) is 17.7 Å². The zero-order valence-electron chi connectivity index (χ0n) is 8.62. The summed E-state index contributed by atoms with van der Waals surface area (Å²) in [5.74, 6) is -2.81. The molecule has 4 nitrogen and oxygen atoms in total. The molecule has 0 spiro atoms. The van der Waals surface area contributed by atoms with E-state index in [4.69, 9.17) is 11.6 Å². The van der Waals surface area contributed by atoms with Crippen LogP contribution in [0.5, 0.6) is 5.75 Å². The van der Waals surface area contributed by atoms with Crippen LogP contribution in [0.4, 0.5) is 4.39 Å². The fourth-order valence-corrected chi connectivity index (χ4v) is 1.48. The lowest BCUT2D eigenvalue weighted by Gasteiger charge is -2.14. The molecule has 0 radical (unpaired) electrons. The van der Waals surface area contributed by atoms with Gasteiger partial charge in [-0.1, -0.05) is 11.6 Å². The molecule has 16 heavy (non-hydrogen) atoms. The van der Waals surface area contributed by atoms with Crippen molar-refractivity contribution in [2.24, 2.45) is 0 Å². The number of phenols is 1. The number of hydrogen-bond donors (Lipinski definition) is 2. The molecule has 1 unspecified atom stereocenters. The van der Waals surface area contributed by atoms with Gasteiger partial charge in [-0.25, -0.2) is 9.18 Å². The highest BCUT2D eigenvalue weighted by Gasteiger charge is 2.26. The highest BCUT2D eigenvalue weighted by molar-refractivity contribution is 6.31. The Labute approximate surface area is 96.2 Å². The highest BCUT2D eigenvalue weighted by Crippen LogP contribution is 2.35. The Morgan fingerprint density at radius 2 is 2.19 bits per heavy atom. The molecule has 88 valence electrons. The number of benzene rings is 1. The van der Waals surface area contributed by atoms with E-state index >= 15 is 0 Å². The third kappa shape index (κ3) is 2.10. The summed E-state index contributed by atoms with van der Waals surface area (Å²) in [5.41, 5.74) is -0.0599. The topological polar surface area (TPSA) is 66.8 Å². The lowest BCUT2D eigenvalue weighted by Crippen LogP contribution is -2.15. The van der Waals surface area contributed by atoms with Crippen LogP contribution in [-0.4, -0.2) is 23.3 Å². The van der Waals surface area contributed by atoms with Crippen LogP contribution < -0.4 is 0 Å². The molecule has 0 fully saturated rings. The molecular weight excluding hydrogens is 239 g/mol. The Morgan fingerprint density at radius 1 is 1.62 bits per heavy atom.